The van der Waals surface area contributed by atoms with Gasteiger partial charge in [0.15, 0.2) is 0 Å². The molecule has 0 saturated heterocycles. The third-order valence-electron chi connectivity index (χ3n) is 19.6. The van der Waals surface area contributed by atoms with Gasteiger partial charge in [-0.2, -0.15) is 0 Å². The van der Waals surface area contributed by atoms with Crippen molar-refractivity contribution < 1.29 is 0 Å². The van der Waals surface area contributed by atoms with Crippen molar-refractivity contribution >= 4 is 141 Å². The van der Waals surface area contributed by atoms with Gasteiger partial charge in [0.2, 0.25) is 0 Å². The van der Waals surface area contributed by atoms with Crippen LogP contribution in [-0.2, 0) is 10.8 Å². The normalized spacial score (nSPS) is 13.0. The first-order valence-electron chi connectivity index (χ1n) is 30.4. The lowest BCUT2D eigenvalue weighted by molar-refractivity contribution is 0.591. The lowest BCUT2D eigenvalue weighted by Gasteiger charge is -2.21. The molecule has 0 aliphatic carbocycles. The molecule has 0 spiro atoms. The SMILES string of the molecule is CC(C)(C)c1cc(-c2ccc3c(c2)c2ccccc2n3-c2ccccc2)c2c(c1)c1cc3ccccc3c3c4cc5c(cc4n2c13)c1cc(C(C)(C)C)cc2c3cc4ccccc4c(-c4ccc6c(c4)c4ccccc4n6-c4ccccc4)c3n5c12. The zero-order valence-electron chi connectivity index (χ0n) is 48.9. The molecule has 6 heterocycles. The molecule has 19 rings (SSSR count). The molecule has 0 saturated carbocycles. The monoisotopic (exact) mass is 1100 g/mol. The van der Waals surface area contributed by atoms with E-state index in [2.05, 4.69) is 302 Å². The molecule has 19 aromatic rings. The predicted octanol–water partition coefficient (Wildman–Crippen LogP) is 22.4. The van der Waals surface area contributed by atoms with Crippen LogP contribution in [0.3, 0.4) is 0 Å². The fraction of sp³-hybridized carbons (Fsp3) is 0.0976. The minimum atomic E-state index is -0.109. The second-order valence-electron chi connectivity index (χ2n) is 26.5. The first-order valence-corrected chi connectivity index (χ1v) is 30.4. The number of hydrogen-bond donors (Lipinski definition) is 0. The molecule has 0 radical (unpaired) electrons. The van der Waals surface area contributed by atoms with Crippen LogP contribution in [0.5, 0.6) is 0 Å². The first-order chi connectivity index (χ1) is 41.9. The van der Waals surface area contributed by atoms with E-state index in [0.717, 1.165) is 11.4 Å². The molecule has 0 aliphatic rings. The maximum absolute atomic E-state index is 2.68. The molecule has 0 atom stereocenters. The number of benzene rings is 13. The molecule has 13 aromatic carbocycles. The molecule has 406 valence electrons. The first kappa shape index (κ1) is 48.0. The van der Waals surface area contributed by atoms with Crippen LogP contribution >= 0.6 is 0 Å². The van der Waals surface area contributed by atoms with E-state index in [1.807, 2.05) is 0 Å². The van der Waals surface area contributed by atoms with Gasteiger partial charge in [-0.1, -0.05) is 175 Å². The molecule has 86 heavy (non-hydrogen) atoms. The van der Waals surface area contributed by atoms with E-state index >= 15 is 0 Å². The van der Waals surface area contributed by atoms with E-state index in [-0.39, 0.29) is 10.8 Å². The molecule has 6 aromatic heterocycles. The average Bonchev–Trinajstić information content (AvgIpc) is 1.62. The highest BCUT2D eigenvalue weighted by Gasteiger charge is 2.30. The standard InChI is InChI=1S/C82H58N4/c1-81(2,3)51-41-59(49-33-35-71-60(37-49)57-29-17-19-31-69(57)83(71)53-23-9-7-10-24-53)77-66(43-51)64-39-48-22-14-16-28-56(48)76-68-46-73-62(45-74(68)86(77)80(64)76)65-42-52(82(4,5)6)44-67-63-38-47-21-13-15-27-55(47)75(79(63)85(73)78(65)67)50-34-36-72-61(40-50)58-30-18-20-32-70(58)84(72)54-25-11-8-12-26-54/h7-46H,1-6H3. The van der Waals surface area contributed by atoms with Crippen molar-refractivity contribution in [1.82, 2.24) is 17.9 Å². The van der Waals surface area contributed by atoms with Crippen LogP contribution in [0.25, 0.3) is 175 Å². The van der Waals surface area contributed by atoms with Crippen LogP contribution in [-0.4, -0.2) is 17.9 Å². The Labute approximate surface area is 496 Å². The van der Waals surface area contributed by atoms with Gasteiger partial charge in [0.25, 0.3) is 0 Å². The molecule has 4 heteroatoms. The zero-order valence-corrected chi connectivity index (χ0v) is 48.9. The molecule has 4 nitrogen and oxygen atoms in total. The second-order valence-corrected chi connectivity index (χ2v) is 26.5. The van der Waals surface area contributed by atoms with Crippen LogP contribution in [0.1, 0.15) is 52.7 Å². The van der Waals surface area contributed by atoms with E-state index in [4.69, 9.17) is 0 Å². The van der Waals surface area contributed by atoms with E-state index < -0.39 is 0 Å². The van der Waals surface area contributed by atoms with Crippen LogP contribution in [0.15, 0.2) is 243 Å². The highest BCUT2D eigenvalue weighted by Crippen LogP contribution is 2.52. The van der Waals surface area contributed by atoms with Crippen molar-refractivity contribution in [3.63, 3.8) is 0 Å². The zero-order chi connectivity index (χ0) is 57.2. The van der Waals surface area contributed by atoms with E-state index in [0.29, 0.717) is 0 Å². The number of aromatic nitrogens is 4. The molecule has 0 unspecified atom stereocenters. The molecule has 0 aliphatic heterocycles. The Morgan fingerprint density at radius 2 is 0.674 bits per heavy atom. The summed E-state index contributed by atoms with van der Waals surface area (Å²) in [6.45, 7) is 14.2. The summed E-state index contributed by atoms with van der Waals surface area (Å²) < 4.78 is 10.2. The summed E-state index contributed by atoms with van der Waals surface area (Å²) in [5.41, 5.74) is 22.1. The third-order valence-corrected chi connectivity index (χ3v) is 19.6. The van der Waals surface area contributed by atoms with Gasteiger partial charge < -0.3 is 17.9 Å². The highest BCUT2D eigenvalue weighted by molar-refractivity contribution is 6.36. The fourth-order valence-corrected chi connectivity index (χ4v) is 15.6. The van der Waals surface area contributed by atoms with Gasteiger partial charge in [-0.15, -0.1) is 0 Å². The van der Waals surface area contributed by atoms with Crippen LogP contribution < -0.4 is 0 Å². The van der Waals surface area contributed by atoms with Gasteiger partial charge in [0, 0.05) is 87.1 Å². The summed E-state index contributed by atoms with van der Waals surface area (Å²) in [5.74, 6) is 0. The number of para-hydroxylation sites is 4. The summed E-state index contributed by atoms with van der Waals surface area (Å²) >= 11 is 0. The summed E-state index contributed by atoms with van der Waals surface area (Å²) in [4.78, 5) is 0. The summed E-state index contributed by atoms with van der Waals surface area (Å²) in [6, 6.07) is 92.3. The Morgan fingerprint density at radius 1 is 0.256 bits per heavy atom. The van der Waals surface area contributed by atoms with Crippen molar-refractivity contribution in [3.8, 4) is 33.6 Å². The maximum atomic E-state index is 2.68. The van der Waals surface area contributed by atoms with Crippen LogP contribution in [0.2, 0.25) is 0 Å². The van der Waals surface area contributed by atoms with E-state index in [9.17, 15) is 0 Å². The predicted molar refractivity (Wildman–Crippen MR) is 368 cm³/mol. The molecule has 0 amide bonds. The lowest BCUT2D eigenvalue weighted by Crippen LogP contribution is -2.11. The Hall–Kier alpha value is -10.4. The van der Waals surface area contributed by atoms with Crippen molar-refractivity contribution in [1.29, 1.82) is 0 Å². The Bertz CT molecular complexity index is 6130. The van der Waals surface area contributed by atoms with Gasteiger partial charge in [0.1, 0.15) is 0 Å². The maximum Gasteiger partial charge on any atom is 0.0627 e. The summed E-state index contributed by atoms with van der Waals surface area (Å²) in [6.07, 6.45) is 0. The van der Waals surface area contributed by atoms with E-state index in [1.54, 1.807) is 0 Å². The Balaban J connectivity index is 0.966. The van der Waals surface area contributed by atoms with Gasteiger partial charge in [-0.3, -0.25) is 0 Å². The molecular weight excluding hydrogens is 1040 g/mol. The topological polar surface area (TPSA) is 18.7 Å². The molecule has 0 N–H and O–H groups in total. The second kappa shape index (κ2) is 16.7. The van der Waals surface area contributed by atoms with Gasteiger partial charge >= 0.3 is 0 Å². The largest absolute Gasteiger partial charge is 0.309 e. The van der Waals surface area contributed by atoms with Crippen molar-refractivity contribution in [2.24, 2.45) is 0 Å². The number of nitrogens with zero attached hydrogens (tertiary/aromatic N) is 4. The minimum absolute atomic E-state index is 0.107. The van der Waals surface area contributed by atoms with Gasteiger partial charge in [-0.05, 0) is 164 Å². The summed E-state index contributed by atoms with van der Waals surface area (Å²) in [7, 11) is 0. The third kappa shape index (κ3) is 6.32. The smallest absolute Gasteiger partial charge is 0.0627 e. The Kier molecular flexibility index (Phi) is 9.31. The Morgan fingerprint density at radius 3 is 1.29 bits per heavy atom. The number of fused-ring (bicyclic) bond motifs is 21. The van der Waals surface area contributed by atoms with E-state index in [1.165, 1.54) is 175 Å². The molecular formula is C82H58N4. The quantitative estimate of drug-likeness (QED) is 0.167. The minimum Gasteiger partial charge on any atom is -0.309 e. The highest BCUT2D eigenvalue weighted by atomic mass is 15.0. The number of rotatable bonds is 4. The van der Waals surface area contributed by atoms with Crippen LogP contribution in [0, 0.1) is 0 Å². The van der Waals surface area contributed by atoms with Crippen molar-refractivity contribution in [2.75, 3.05) is 0 Å². The summed E-state index contributed by atoms with van der Waals surface area (Å²) in [5, 5.41) is 20.3. The van der Waals surface area contributed by atoms with Crippen molar-refractivity contribution in [2.45, 2.75) is 52.4 Å². The molecule has 0 fully saturated rings. The molecule has 0 bridgehead atoms. The average molecular weight is 1100 g/mol. The van der Waals surface area contributed by atoms with Crippen molar-refractivity contribution in [3.05, 3.63) is 254 Å². The van der Waals surface area contributed by atoms with Gasteiger partial charge in [0.05, 0.1) is 55.2 Å². The van der Waals surface area contributed by atoms with Gasteiger partial charge in [-0.25, -0.2) is 0 Å². The number of hydrogen-bond acceptors (Lipinski definition) is 0. The lowest BCUT2D eigenvalue weighted by atomic mass is 9.84. The fourth-order valence-electron chi connectivity index (χ4n) is 15.6. The van der Waals surface area contributed by atoms with Crippen LogP contribution in [0.4, 0.5) is 0 Å².